The van der Waals surface area contributed by atoms with Gasteiger partial charge in [-0.25, -0.2) is 9.48 Å². The van der Waals surface area contributed by atoms with Crippen molar-refractivity contribution in [3.8, 4) is 11.3 Å². The van der Waals surface area contributed by atoms with E-state index in [1.165, 1.54) is 18.9 Å². The molecular formula is C14H13ClIN3O3. The van der Waals surface area contributed by atoms with Crippen LogP contribution in [0.15, 0.2) is 29.4 Å². The molecule has 0 saturated carbocycles. The van der Waals surface area contributed by atoms with Crippen LogP contribution in [0.4, 0.5) is 0 Å². The number of oxime groups is 1. The average molecular weight is 434 g/mol. The Kier molecular flexibility index (Phi) is 5.41. The number of benzene rings is 1. The van der Waals surface area contributed by atoms with Gasteiger partial charge in [0.25, 0.3) is 5.84 Å². The van der Waals surface area contributed by atoms with Gasteiger partial charge in [-0.3, -0.25) is 0 Å². The average Bonchev–Trinajstić information content (AvgIpc) is 2.81. The first-order valence-corrected chi connectivity index (χ1v) is 7.66. The van der Waals surface area contributed by atoms with Crippen LogP contribution in [0.5, 0.6) is 0 Å². The number of halogens is 2. The molecule has 0 saturated heterocycles. The fourth-order valence-corrected chi connectivity index (χ4v) is 2.60. The Balaban J connectivity index is 2.56. The highest BCUT2D eigenvalue weighted by Crippen LogP contribution is 2.27. The number of nitrogens with zero attached hydrogens (tertiary/aromatic N) is 3. The summed E-state index contributed by atoms with van der Waals surface area (Å²) in [4.78, 5) is 16.6. The number of rotatable bonds is 2. The van der Waals surface area contributed by atoms with Gasteiger partial charge in [-0.2, -0.15) is 5.10 Å². The third-order valence-corrected chi connectivity index (χ3v) is 4.45. The lowest BCUT2D eigenvalue weighted by atomic mass is 10.1. The van der Waals surface area contributed by atoms with Crippen molar-refractivity contribution in [1.82, 2.24) is 9.78 Å². The van der Waals surface area contributed by atoms with Gasteiger partial charge in [0.1, 0.15) is 12.8 Å². The van der Waals surface area contributed by atoms with Gasteiger partial charge in [-0.1, -0.05) is 28.9 Å². The second kappa shape index (κ2) is 7.10. The first-order chi connectivity index (χ1) is 10.5. The van der Waals surface area contributed by atoms with E-state index in [1.54, 1.807) is 12.1 Å². The minimum atomic E-state index is -0.633. The zero-order valence-corrected chi connectivity index (χ0v) is 15.0. The molecule has 116 valence electrons. The molecule has 0 bridgehead atoms. The van der Waals surface area contributed by atoms with E-state index >= 15 is 0 Å². The molecule has 2 rings (SSSR count). The van der Waals surface area contributed by atoms with Crippen molar-refractivity contribution in [3.05, 3.63) is 38.6 Å². The fraction of sp³-hybridized carbons (Fsp3) is 0.214. The monoisotopic (exact) mass is 433 g/mol. The smallest absolute Gasteiger partial charge is 0.379 e. The van der Waals surface area contributed by atoms with Crippen LogP contribution in [-0.2, 0) is 14.4 Å². The molecule has 2 aromatic rings. The van der Waals surface area contributed by atoms with E-state index in [4.69, 9.17) is 21.2 Å². The van der Waals surface area contributed by atoms with Crippen LogP contribution in [0.1, 0.15) is 5.69 Å². The van der Waals surface area contributed by atoms with E-state index in [2.05, 4.69) is 32.8 Å². The van der Waals surface area contributed by atoms with Gasteiger partial charge in [0.05, 0.1) is 16.4 Å². The summed E-state index contributed by atoms with van der Waals surface area (Å²) in [5, 5.41) is 8.80. The number of methoxy groups -OCH3 is 1. The van der Waals surface area contributed by atoms with Crippen molar-refractivity contribution in [2.45, 2.75) is 6.92 Å². The lowest BCUT2D eigenvalue weighted by Crippen LogP contribution is -2.26. The highest BCUT2D eigenvalue weighted by atomic mass is 127. The molecule has 0 aliphatic carbocycles. The molecule has 0 radical (unpaired) electrons. The minimum absolute atomic E-state index is 0.0411. The highest BCUT2D eigenvalue weighted by Gasteiger charge is 2.23. The Morgan fingerprint density at radius 3 is 2.50 bits per heavy atom. The number of hydrogen-bond acceptors (Lipinski definition) is 5. The molecule has 0 unspecified atom stereocenters. The van der Waals surface area contributed by atoms with Crippen LogP contribution in [0.25, 0.3) is 11.3 Å². The molecule has 0 spiro atoms. The summed E-state index contributed by atoms with van der Waals surface area (Å²) in [6, 6.07) is 7.29. The summed E-state index contributed by atoms with van der Waals surface area (Å²) < 4.78 is 7.01. The number of aromatic nitrogens is 2. The predicted octanol–water partition coefficient (Wildman–Crippen LogP) is 3.10. The summed E-state index contributed by atoms with van der Waals surface area (Å²) in [6.07, 6.45) is 0. The zero-order valence-electron chi connectivity index (χ0n) is 12.1. The quantitative estimate of drug-likeness (QED) is 0.240. The van der Waals surface area contributed by atoms with Gasteiger partial charge >= 0.3 is 5.97 Å². The summed E-state index contributed by atoms with van der Waals surface area (Å²) in [5.74, 6) is -0.674. The van der Waals surface area contributed by atoms with Gasteiger partial charge < -0.3 is 9.57 Å². The molecular weight excluding hydrogens is 421 g/mol. The lowest BCUT2D eigenvalue weighted by molar-refractivity contribution is -0.133. The number of ether oxygens (including phenoxy) is 1. The Labute approximate surface area is 146 Å². The summed E-state index contributed by atoms with van der Waals surface area (Å²) in [6.45, 7) is 1.84. The standard InChI is InChI=1S/C14H13ClIN3O3/c1-8-11(16)12(9-4-6-10(15)7-5-9)17-19(8)13(18-22-3)14(20)21-2/h4-7H,1-3H3. The maximum absolute atomic E-state index is 11.8. The van der Waals surface area contributed by atoms with E-state index in [0.717, 1.165) is 20.5 Å². The number of hydrogen-bond donors (Lipinski definition) is 0. The highest BCUT2D eigenvalue weighted by molar-refractivity contribution is 14.1. The molecule has 1 aromatic carbocycles. The van der Waals surface area contributed by atoms with Crippen LogP contribution in [-0.4, -0.2) is 35.8 Å². The fourth-order valence-electron chi connectivity index (χ4n) is 1.82. The van der Waals surface area contributed by atoms with Gasteiger partial charge in [-0.05, 0) is 41.6 Å². The topological polar surface area (TPSA) is 65.7 Å². The summed E-state index contributed by atoms with van der Waals surface area (Å²) in [5.41, 5.74) is 2.37. The maximum Gasteiger partial charge on any atom is 0.379 e. The lowest BCUT2D eigenvalue weighted by Gasteiger charge is -2.05. The van der Waals surface area contributed by atoms with Crippen LogP contribution in [0.2, 0.25) is 5.02 Å². The molecule has 1 heterocycles. The molecule has 0 amide bonds. The molecule has 22 heavy (non-hydrogen) atoms. The van der Waals surface area contributed by atoms with Crippen LogP contribution < -0.4 is 0 Å². The third-order valence-electron chi connectivity index (χ3n) is 2.91. The van der Waals surface area contributed by atoms with E-state index < -0.39 is 5.97 Å². The number of esters is 1. The van der Waals surface area contributed by atoms with Crippen LogP contribution in [0, 0.1) is 10.5 Å². The Morgan fingerprint density at radius 1 is 1.32 bits per heavy atom. The Hall–Kier alpha value is -1.61. The summed E-state index contributed by atoms with van der Waals surface area (Å²) >= 11 is 8.07. The Bertz CT molecular complexity index is 726. The minimum Gasteiger partial charge on any atom is -0.463 e. The van der Waals surface area contributed by atoms with Crippen molar-refractivity contribution < 1.29 is 14.4 Å². The van der Waals surface area contributed by atoms with E-state index in [9.17, 15) is 4.79 Å². The van der Waals surface area contributed by atoms with Crippen molar-refractivity contribution in [1.29, 1.82) is 0 Å². The second-order valence-corrected chi connectivity index (χ2v) is 5.77. The van der Waals surface area contributed by atoms with Crippen molar-refractivity contribution in [2.24, 2.45) is 5.16 Å². The number of carbonyl (C=O) groups is 1. The van der Waals surface area contributed by atoms with E-state index in [1.807, 2.05) is 19.1 Å². The molecule has 6 nitrogen and oxygen atoms in total. The van der Waals surface area contributed by atoms with Gasteiger partial charge in [0, 0.05) is 10.6 Å². The zero-order chi connectivity index (χ0) is 16.3. The Morgan fingerprint density at radius 2 is 1.95 bits per heavy atom. The van der Waals surface area contributed by atoms with Crippen molar-refractivity contribution in [3.63, 3.8) is 0 Å². The van der Waals surface area contributed by atoms with Gasteiger partial charge in [-0.15, -0.1) is 0 Å². The maximum atomic E-state index is 11.8. The first-order valence-electron chi connectivity index (χ1n) is 6.20. The largest absolute Gasteiger partial charge is 0.463 e. The van der Waals surface area contributed by atoms with Crippen LogP contribution in [0.3, 0.4) is 0 Å². The third kappa shape index (κ3) is 3.25. The molecule has 0 fully saturated rings. The summed E-state index contributed by atoms with van der Waals surface area (Å²) in [7, 11) is 2.63. The molecule has 0 aliphatic heterocycles. The van der Waals surface area contributed by atoms with Gasteiger partial charge in [0.2, 0.25) is 0 Å². The van der Waals surface area contributed by atoms with Crippen molar-refractivity contribution in [2.75, 3.05) is 14.2 Å². The molecule has 0 aliphatic rings. The van der Waals surface area contributed by atoms with E-state index in [-0.39, 0.29) is 5.84 Å². The molecule has 0 atom stereocenters. The molecule has 8 heteroatoms. The van der Waals surface area contributed by atoms with Gasteiger partial charge in [0.15, 0.2) is 0 Å². The van der Waals surface area contributed by atoms with Crippen molar-refractivity contribution >= 4 is 46.0 Å². The van der Waals surface area contributed by atoms with Crippen LogP contribution >= 0.6 is 34.2 Å². The second-order valence-electron chi connectivity index (χ2n) is 4.26. The predicted molar refractivity (Wildman–Crippen MR) is 92.0 cm³/mol. The molecule has 1 aromatic heterocycles. The number of carbonyl (C=O) groups excluding carboxylic acids is 1. The van der Waals surface area contributed by atoms with E-state index in [0.29, 0.717) is 5.02 Å². The molecule has 0 N–H and O–H groups in total. The first kappa shape index (κ1) is 16.8. The SMILES string of the molecule is CON=C(C(=O)OC)n1nc(-c2ccc(Cl)cc2)c(I)c1C. The normalized spacial score (nSPS) is 11.4.